The summed E-state index contributed by atoms with van der Waals surface area (Å²) in [6.07, 6.45) is 1.06. The molecule has 0 spiro atoms. The smallest absolute Gasteiger partial charge is 0.326 e. The van der Waals surface area contributed by atoms with Crippen LogP contribution in [-0.2, 0) is 28.8 Å². The second-order valence-corrected chi connectivity index (χ2v) is 9.13. The van der Waals surface area contributed by atoms with Crippen LogP contribution in [0.4, 0.5) is 0 Å². The number of primary amides is 1. The van der Waals surface area contributed by atoms with Crippen molar-refractivity contribution in [1.82, 2.24) is 16.0 Å². The van der Waals surface area contributed by atoms with Gasteiger partial charge in [0.25, 0.3) is 0 Å². The van der Waals surface area contributed by atoms with Gasteiger partial charge in [-0.05, 0) is 37.2 Å². The van der Waals surface area contributed by atoms with Crippen molar-refractivity contribution in [2.75, 3.05) is 12.0 Å². The van der Waals surface area contributed by atoms with Gasteiger partial charge < -0.3 is 37.6 Å². The van der Waals surface area contributed by atoms with E-state index in [2.05, 4.69) is 16.0 Å². The molecule has 0 aromatic rings. The molecule has 34 heavy (non-hydrogen) atoms. The molecule has 0 aliphatic rings. The number of nitrogens with one attached hydrogen (secondary N) is 3. The molecule has 9 N–H and O–H groups in total. The highest BCUT2D eigenvalue weighted by Gasteiger charge is 2.31. The first-order chi connectivity index (χ1) is 15.8. The van der Waals surface area contributed by atoms with Crippen molar-refractivity contribution in [2.24, 2.45) is 17.4 Å². The van der Waals surface area contributed by atoms with Gasteiger partial charge in [0.2, 0.25) is 23.6 Å². The molecule has 0 rings (SSSR count). The third-order valence-corrected chi connectivity index (χ3v) is 5.25. The van der Waals surface area contributed by atoms with E-state index < -0.39 is 66.2 Å². The zero-order valence-electron chi connectivity index (χ0n) is 19.5. The van der Waals surface area contributed by atoms with Crippen LogP contribution in [0.2, 0.25) is 0 Å². The van der Waals surface area contributed by atoms with Gasteiger partial charge in [-0.1, -0.05) is 13.8 Å². The third kappa shape index (κ3) is 13.0. The fourth-order valence-corrected chi connectivity index (χ4v) is 3.33. The molecule has 194 valence electrons. The summed E-state index contributed by atoms with van der Waals surface area (Å²) in [6, 6.07) is -4.96. The summed E-state index contributed by atoms with van der Waals surface area (Å²) in [7, 11) is 0. The lowest BCUT2D eigenvalue weighted by Crippen LogP contribution is -2.57. The normalized spacial score (nSPS) is 14.4. The number of thioether (sulfide) groups is 1. The maximum Gasteiger partial charge on any atom is 0.326 e. The number of rotatable bonds is 17. The minimum atomic E-state index is -1.38. The van der Waals surface area contributed by atoms with Crippen molar-refractivity contribution in [3.8, 4) is 0 Å². The summed E-state index contributed by atoms with van der Waals surface area (Å²) in [5.41, 5.74) is 10.6. The lowest BCUT2D eigenvalue weighted by molar-refractivity contribution is -0.142. The monoisotopic (exact) mass is 505 g/mol. The van der Waals surface area contributed by atoms with Crippen LogP contribution in [0.15, 0.2) is 0 Å². The van der Waals surface area contributed by atoms with Gasteiger partial charge in [-0.2, -0.15) is 11.8 Å². The molecule has 0 aromatic heterocycles. The molecule has 0 aliphatic heterocycles. The molecule has 4 unspecified atom stereocenters. The van der Waals surface area contributed by atoms with E-state index in [0.717, 1.165) is 0 Å². The summed E-state index contributed by atoms with van der Waals surface area (Å²) in [4.78, 5) is 71.1. The van der Waals surface area contributed by atoms with Crippen LogP contribution < -0.4 is 27.4 Å². The Morgan fingerprint density at radius 1 is 0.853 bits per heavy atom. The van der Waals surface area contributed by atoms with E-state index in [4.69, 9.17) is 16.6 Å². The van der Waals surface area contributed by atoms with Crippen LogP contribution >= 0.6 is 11.8 Å². The Balaban J connectivity index is 5.48. The lowest BCUT2D eigenvalue weighted by Gasteiger charge is -2.26. The molecule has 0 saturated carbocycles. The summed E-state index contributed by atoms with van der Waals surface area (Å²) in [6.45, 7) is 3.60. The third-order valence-electron chi connectivity index (χ3n) is 4.61. The predicted octanol–water partition coefficient (Wildman–Crippen LogP) is -1.61. The number of hydrogen-bond donors (Lipinski definition) is 7. The quantitative estimate of drug-likeness (QED) is 0.119. The highest BCUT2D eigenvalue weighted by Crippen LogP contribution is 2.09. The fraction of sp³-hybridized carbons (Fsp3) is 0.700. The highest BCUT2D eigenvalue weighted by molar-refractivity contribution is 7.98. The number of carbonyl (C=O) groups excluding carboxylic acids is 4. The zero-order valence-corrected chi connectivity index (χ0v) is 20.4. The number of carboxylic acids is 2. The van der Waals surface area contributed by atoms with Crippen LogP contribution in [0.25, 0.3) is 0 Å². The number of amides is 4. The van der Waals surface area contributed by atoms with Crippen LogP contribution in [0.3, 0.4) is 0 Å². The predicted molar refractivity (Wildman–Crippen MR) is 125 cm³/mol. The molecule has 4 amide bonds. The lowest BCUT2D eigenvalue weighted by atomic mass is 10.0. The summed E-state index contributed by atoms with van der Waals surface area (Å²) < 4.78 is 0. The van der Waals surface area contributed by atoms with Gasteiger partial charge >= 0.3 is 11.9 Å². The molecule has 0 bridgehead atoms. The number of carboxylic acid groups (broad SMARTS) is 2. The van der Waals surface area contributed by atoms with Gasteiger partial charge in [0, 0.05) is 6.42 Å². The molecule has 13 nitrogen and oxygen atoms in total. The van der Waals surface area contributed by atoms with Gasteiger partial charge in [-0.25, -0.2) is 4.79 Å². The molecule has 4 atom stereocenters. The SMILES string of the molecule is CSCCC(NC(=O)C(N)CC(=O)O)C(=O)NC(CC(C)C)C(=O)NC(CCC(N)=O)C(=O)O. The van der Waals surface area contributed by atoms with Crippen molar-refractivity contribution in [2.45, 2.75) is 70.1 Å². The molecular weight excluding hydrogens is 470 g/mol. The Morgan fingerprint density at radius 2 is 1.38 bits per heavy atom. The summed E-state index contributed by atoms with van der Waals surface area (Å²) >= 11 is 1.41. The maximum absolute atomic E-state index is 12.9. The minimum absolute atomic E-state index is 0.0619. The van der Waals surface area contributed by atoms with Crippen molar-refractivity contribution in [3.63, 3.8) is 0 Å². The van der Waals surface area contributed by atoms with Crippen molar-refractivity contribution in [3.05, 3.63) is 0 Å². The van der Waals surface area contributed by atoms with Gasteiger partial charge in [0.05, 0.1) is 12.5 Å². The summed E-state index contributed by atoms with van der Waals surface area (Å²) in [5.74, 6) is -5.24. The van der Waals surface area contributed by atoms with E-state index in [0.29, 0.717) is 5.75 Å². The fourth-order valence-electron chi connectivity index (χ4n) is 2.86. The Morgan fingerprint density at radius 3 is 1.85 bits per heavy atom. The number of hydrogen-bond acceptors (Lipinski definition) is 8. The first-order valence-corrected chi connectivity index (χ1v) is 12.1. The van der Waals surface area contributed by atoms with E-state index >= 15 is 0 Å². The van der Waals surface area contributed by atoms with Crippen molar-refractivity contribution in [1.29, 1.82) is 0 Å². The van der Waals surface area contributed by atoms with Crippen molar-refractivity contribution >= 4 is 47.3 Å². The number of aliphatic carboxylic acids is 2. The topological polar surface area (TPSA) is 231 Å². The first kappa shape index (κ1) is 31.1. The van der Waals surface area contributed by atoms with Gasteiger partial charge in [-0.15, -0.1) is 0 Å². The van der Waals surface area contributed by atoms with Crippen LogP contribution in [0, 0.1) is 5.92 Å². The summed E-state index contributed by atoms with van der Waals surface area (Å²) in [5, 5.41) is 25.4. The Bertz CT molecular complexity index is 748. The minimum Gasteiger partial charge on any atom is -0.481 e. The van der Waals surface area contributed by atoms with E-state index in [-0.39, 0.29) is 31.6 Å². The Kier molecular flexibility index (Phi) is 14.5. The standard InChI is InChI=1S/C20H35N5O8S/c1-10(2)8-14(19(31)24-13(20(32)33)4-5-15(22)26)25-18(30)12(6-7-34-3)23-17(29)11(21)9-16(27)28/h10-14H,4-9,21H2,1-3H3,(H2,22,26)(H,23,29)(H,24,31)(H,25,30)(H,27,28)(H,32,33). The number of nitrogens with two attached hydrogens (primary N) is 2. The van der Waals surface area contributed by atoms with E-state index in [1.807, 2.05) is 0 Å². The average Bonchev–Trinajstić information content (AvgIpc) is 2.71. The van der Waals surface area contributed by atoms with Gasteiger partial charge in [0.15, 0.2) is 0 Å². The van der Waals surface area contributed by atoms with Crippen LogP contribution in [0.5, 0.6) is 0 Å². The van der Waals surface area contributed by atoms with Crippen LogP contribution in [-0.4, -0.2) is 82.0 Å². The van der Waals surface area contributed by atoms with E-state index in [9.17, 15) is 33.9 Å². The molecular formula is C20H35N5O8S. The van der Waals surface area contributed by atoms with E-state index in [1.54, 1.807) is 20.1 Å². The largest absolute Gasteiger partial charge is 0.481 e. The number of carbonyl (C=O) groups is 6. The molecule has 0 radical (unpaired) electrons. The first-order valence-electron chi connectivity index (χ1n) is 10.7. The molecule has 0 heterocycles. The van der Waals surface area contributed by atoms with Crippen molar-refractivity contribution < 1.29 is 39.0 Å². The zero-order chi connectivity index (χ0) is 26.4. The van der Waals surface area contributed by atoms with E-state index in [1.165, 1.54) is 11.8 Å². The maximum atomic E-state index is 12.9. The van der Waals surface area contributed by atoms with Gasteiger partial charge in [-0.3, -0.25) is 24.0 Å². The average molecular weight is 506 g/mol. The Hall–Kier alpha value is -2.87. The van der Waals surface area contributed by atoms with Crippen LogP contribution in [0.1, 0.15) is 46.0 Å². The molecule has 0 aliphatic carbocycles. The molecule has 0 aromatic carbocycles. The molecule has 14 heteroatoms. The second kappa shape index (κ2) is 15.9. The molecule has 0 saturated heterocycles. The Labute approximate surface area is 202 Å². The highest BCUT2D eigenvalue weighted by atomic mass is 32.2. The van der Waals surface area contributed by atoms with Gasteiger partial charge in [0.1, 0.15) is 18.1 Å². The molecule has 0 fully saturated rings. The second-order valence-electron chi connectivity index (χ2n) is 8.14.